The minimum atomic E-state index is -0.742. The maximum Gasteiger partial charge on any atom is 0.303 e. The molecular formula is C20H32O4. The van der Waals surface area contributed by atoms with Gasteiger partial charge in [-0.2, -0.15) is 0 Å². The molecule has 0 saturated carbocycles. The van der Waals surface area contributed by atoms with Gasteiger partial charge in [-0.25, -0.2) is 0 Å². The van der Waals surface area contributed by atoms with E-state index in [9.17, 15) is 14.7 Å². The van der Waals surface area contributed by atoms with Gasteiger partial charge >= 0.3 is 5.97 Å². The summed E-state index contributed by atoms with van der Waals surface area (Å²) >= 11 is 0. The van der Waals surface area contributed by atoms with E-state index in [2.05, 4.69) is 6.92 Å². The van der Waals surface area contributed by atoms with Crippen molar-refractivity contribution in [2.75, 3.05) is 0 Å². The summed E-state index contributed by atoms with van der Waals surface area (Å²) in [6.07, 6.45) is 13.3. The largest absolute Gasteiger partial charge is 0.481 e. The van der Waals surface area contributed by atoms with E-state index in [4.69, 9.17) is 5.11 Å². The lowest BCUT2D eigenvalue weighted by Crippen LogP contribution is -2.02. The summed E-state index contributed by atoms with van der Waals surface area (Å²) in [5, 5.41) is 18.6. The first-order valence-corrected chi connectivity index (χ1v) is 9.37. The number of allylic oxidation sites excluding steroid dienone is 3. The monoisotopic (exact) mass is 336 g/mol. The molecule has 1 rings (SSSR count). The van der Waals surface area contributed by atoms with E-state index in [-0.39, 0.29) is 12.2 Å². The first kappa shape index (κ1) is 20.6. The smallest absolute Gasteiger partial charge is 0.303 e. The lowest BCUT2D eigenvalue weighted by Gasteiger charge is -2.06. The fraction of sp³-hybridized carbons (Fsp3) is 0.700. The number of carboxylic acid groups (broad SMARTS) is 1. The van der Waals surface area contributed by atoms with Crippen molar-refractivity contribution in [3.63, 3.8) is 0 Å². The van der Waals surface area contributed by atoms with E-state index < -0.39 is 12.1 Å². The van der Waals surface area contributed by atoms with E-state index >= 15 is 0 Å². The predicted octanol–water partition coefficient (Wildman–Crippen LogP) is 4.57. The SMILES string of the molecule is CCCCCC(O)/C=C/C1=C(CCCCCCC(=O)O)C(=O)CC1. The van der Waals surface area contributed by atoms with E-state index in [1.54, 1.807) is 0 Å². The van der Waals surface area contributed by atoms with Crippen molar-refractivity contribution in [1.82, 2.24) is 0 Å². The van der Waals surface area contributed by atoms with E-state index in [1.807, 2.05) is 12.2 Å². The summed E-state index contributed by atoms with van der Waals surface area (Å²) in [6, 6.07) is 0. The van der Waals surface area contributed by atoms with Gasteiger partial charge < -0.3 is 10.2 Å². The topological polar surface area (TPSA) is 74.6 Å². The molecule has 136 valence electrons. The Morgan fingerprint density at radius 2 is 1.88 bits per heavy atom. The highest BCUT2D eigenvalue weighted by molar-refractivity contribution is 5.99. The fourth-order valence-electron chi connectivity index (χ4n) is 3.07. The zero-order valence-corrected chi connectivity index (χ0v) is 14.9. The highest BCUT2D eigenvalue weighted by Crippen LogP contribution is 2.28. The number of aliphatic carboxylic acids is 1. The minimum absolute atomic E-state index is 0.228. The third kappa shape index (κ3) is 8.44. The Labute approximate surface area is 145 Å². The summed E-state index contributed by atoms with van der Waals surface area (Å²) in [6.45, 7) is 2.14. The van der Waals surface area contributed by atoms with E-state index in [0.717, 1.165) is 68.9 Å². The molecule has 0 aromatic carbocycles. The second-order valence-electron chi connectivity index (χ2n) is 6.66. The van der Waals surface area contributed by atoms with Crippen LogP contribution in [0.5, 0.6) is 0 Å². The highest BCUT2D eigenvalue weighted by atomic mass is 16.4. The summed E-state index contributed by atoms with van der Waals surface area (Å²) in [4.78, 5) is 22.5. The van der Waals surface area contributed by atoms with E-state index in [1.165, 1.54) is 0 Å². The molecule has 0 radical (unpaired) electrons. The van der Waals surface area contributed by atoms with Crippen LogP contribution >= 0.6 is 0 Å². The zero-order chi connectivity index (χ0) is 17.8. The van der Waals surface area contributed by atoms with Gasteiger partial charge in [-0.15, -0.1) is 0 Å². The number of ketones is 1. The molecule has 0 bridgehead atoms. The predicted molar refractivity (Wildman–Crippen MR) is 95.9 cm³/mol. The highest BCUT2D eigenvalue weighted by Gasteiger charge is 2.20. The maximum absolute atomic E-state index is 12.0. The first-order chi connectivity index (χ1) is 11.5. The van der Waals surface area contributed by atoms with Crippen LogP contribution in [0.1, 0.15) is 84.0 Å². The third-order valence-electron chi connectivity index (χ3n) is 4.54. The second-order valence-corrected chi connectivity index (χ2v) is 6.66. The quantitative estimate of drug-likeness (QED) is 0.483. The normalized spacial score (nSPS) is 16.3. The van der Waals surface area contributed by atoms with Gasteiger partial charge in [0.25, 0.3) is 0 Å². The number of unbranched alkanes of at least 4 members (excludes halogenated alkanes) is 5. The molecule has 0 heterocycles. The lowest BCUT2D eigenvalue weighted by atomic mass is 10.0. The molecule has 0 fully saturated rings. The summed E-state index contributed by atoms with van der Waals surface area (Å²) in [5.74, 6) is -0.505. The van der Waals surface area contributed by atoms with Crippen LogP contribution < -0.4 is 0 Å². The van der Waals surface area contributed by atoms with Gasteiger partial charge in [-0.3, -0.25) is 9.59 Å². The number of Topliss-reactive ketones (excluding diaryl/α,β-unsaturated/α-hetero) is 1. The molecule has 0 aliphatic heterocycles. The van der Waals surface area contributed by atoms with Gasteiger partial charge in [0.05, 0.1) is 6.10 Å². The van der Waals surface area contributed by atoms with Crippen LogP contribution in [0.2, 0.25) is 0 Å². The molecule has 0 aromatic rings. The number of carbonyl (C=O) groups excluding carboxylic acids is 1. The Morgan fingerprint density at radius 3 is 2.58 bits per heavy atom. The molecule has 4 nitrogen and oxygen atoms in total. The molecule has 1 atom stereocenters. The van der Waals surface area contributed by atoms with Crippen LogP contribution in [0.15, 0.2) is 23.3 Å². The zero-order valence-electron chi connectivity index (χ0n) is 14.9. The Hall–Kier alpha value is -1.42. The Balaban J connectivity index is 2.39. The second kappa shape index (κ2) is 12.0. The molecule has 0 aromatic heterocycles. The summed E-state index contributed by atoms with van der Waals surface area (Å²) in [7, 11) is 0. The molecule has 0 amide bonds. The maximum atomic E-state index is 12.0. The molecule has 1 aliphatic carbocycles. The molecule has 1 aliphatic rings. The molecule has 4 heteroatoms. The standard InChI is InChI=1S/C20H32O4/c1-2-3-6-9-17(21)14-12-16-13-15-19(22)18(16)10-7-4-5-8-11-20(23)24/h12,14,17,21H,2-11,13,15H2,1H3,(H,23,24)/b14-12+. The van der Waals surface area contributed by atoms with Crippen molar-refractivity contribution in [1.29, 1.82) is 0 Å². The van der Waals surface area contributed by atoms with Gasteiger partial charge in [-0.1, -0.05) is 51.2 Å². The van der Waals surface area contributed by atoms with E-state index in [0.29, 0.717) is 12.8 Å². The number of carboxylic acids is 1. The molecule has 0 saturated heterocycles. The molecule has 24 heavy (non-hydrogen) atoms. The number of hydrogen-bond acceptors (Lipinski definition) is 3. The van der Waals surface area contributed by atoms with Gasteiger partial charge in [0.2, 0.25) is 0 Å². The van der Waals surface area contributed by atoms with Gasteiger partial charge in [-0.05, 0) is 43.3 Å². The van der Waals surface area contributed by atoms with Crippen LogP contribution in [-0.2, 0) is 9.59 Å². The lowest BCUT2D eigenvalue weighted by molar-refractivity contribution is -0.137. The average Bonchev–Trinajstić information content (AvgIpc) is 2.89. The van der Waals surface area contributed by atoms with Crippen LogP contribution in [0.25, 0.3) is 0 Å². The van der Waals surface area contributed by atoms with Crippen molar-refractivity contribution < 1.29 is 19.8 Å². The molecule has 2 N–H and O–H groups in total. The Morgan fingerprint density at radius 1 is 1.12 bits per heavy atom. The van der Waals surface area contributed by atoms with Crippen molar-refractivity contribution >= 4 is 11.8 Å². The van der Waals surface area contributed by atoms with Crippen molar-refractivity contribution in [3.8, 4) is 0 Å². The number of aliphatic hydroxyl groups excluding tert-OH is 1. The number of aliphatic hydroxyl groups is 1. The average molecular weight is 336 g/mol. The van der Waals surface area contributed by atoms with Gasteiger partial charge in [0.15, 0.2) is 5.78 Å². The molecule has 0 spiro atoms. The summed E-state index contributed by atoms with van der Waals surface area (Å²) < 4.78 is 0. The minimum Gasteiger partial charge on any atom is -0.481 e. The van der Waals surface area contributed by atoms with Crippen molar-refractivity contribution in [2.45, 2.75) is 90.1 Å². The van der Waals surface area contributed by atoms with Crippen LogP contribution in [0, 0.1) is 0 Å². The van der Waals surface area contributed by atoms with Crippen LogP contribution in [0.3, 0.4) is 0 Å². The third-order valence-corrected chi connectivity index (χ3v) is 4.54. The van der Waals surface area contributed by atoms with Crippen LogP contribution in [-0.4, -0.2) is 28.1 Å². The Kier molecular flexibility index (Phi) is 10.3. The Bertz CT molecular complexity index is 462. The summed E-state index contributed by atoms with van der Waals surface area (Å²) in [5.41, 5.74) is 2.00. The van der Waals surface area contributed by atoms with Gasteiger partial charge in [0.1, 0.15) is 0 Å². The van der Waals surface area contributed by atoms with Gasteiger partial charge in [0, 0.05) is 12.8 Å². The molecular weight excluding hydrogens is 304 g/mol. The van der Waals surface area contributed by atoms with Crippen LogP contribution in [0.4, 0.5) is 0 Å². The first-order valence-electron chi connectivity index (χ1n) is 9.37. The number of rotatable bonds is 13. The number of hydrogen-bond donors (Lipinski definition) is 2. The fourth-order valence-corrected chi connectivity index (χ4v) is 3.07. The van der Waals surface area contributed by atoms with Crippen molar-refractivity contribution in [3.05, 3.63) is 23.3 Å². The number of carbonyl (C=O) groups is 2. The van der Waals surface area contributed by atoms with Crippen molar-refractivity contribution in [2.24, 2.45) is 0 Å². The molecule has 1 unspecified atom stereocenters.